The number of nitrogens with zero attached hydrogens (tertiary/aromatic N) is 1. The Labute approximate surface area is 125 Å². The lowest BCUT2D eigenvalue weighted by molar-refractivity contribution is 0.395. The van der Waals surface area contributed by atoms with Gasteiger partial charge in [-0.05, 0) is 37.5 Å². The van der Waals surface area contributed by atoms with E-state index in [0.29, 0.717) is 6.54 Å². The molecule has 0 unspecified atom stereocenters. The Balaban J connectivity index is 2.38. The highest BCUT2D eigenvalue weighted by molar-refractivity contribution is 7.89. The van der Waals surface area contributed by atoms with Gasteiger partial charge in [0.1, 0.15) is 0 Å². The van der Waals surface area contributed by atoms with Crippen LogP contribution in [0.15, 0.2) is 34.1 Å². The predicted octanol–water partition coefficient (Wildman–Crippen LogP) is 2.30. The van der Waals surface area contributed by atoms with Crippen molar-refractivity contribution in [1.82, 2.24) is 4.31 Å². The monoisotopic (exact) mass is 335 g/mol. The van der Waals surface area contributed by atoms with Crippen LogP contribution in [-0.4, -0.2) is 33.7 Å². The van der Waals surface area contributed by atoms with Crippen LogP contribution in [0.4, 0.5) is 3.89 Å². The average molecular weight is 335 g/mol. The number of benzene rings is 1. The molecule has 1 aliphatic rings. The minimum absolute atomic E-state index is 0.0211. The zero-order chi connectivity index (χ0) is 15.7. The molecule has 1 aromatic carbocycles. The van der Waals surface area contributed by atoms with Gasteiger partial charge in [-0.1, -0.05) is 19.4 Å². The Hall–Kier alpha value is -0.990. The van der Waals surface area contributed by atoms with Crippen molar-refractivity contribution in [3.63, 3.8) is 0 Å². The number of unbranched alkanes of at least 4 members (excludes halogenated alkanes) is 1. The second kappa shape index (κ2) is 6.02. The molecule has 21 heavy (non-hydrogen) atoms. The van der Waals surface area contributed by atoms with Crippen LogP contribution in [0.1, 0.15) is 32.6 Å². The van der Waals surface area contributed by atoms with Crippen molar-refractivity contribution >= 4 is 20.2 Å². The van der Waals surface area contributed by atoms with Crippen LogP contribution in [-0.2, 0) is 20.2 Å². The molecule has 0 N–H and O–H groups in total. The lowest BCUT2D eigenvalue weighted by Crippen LogP contribution is -2.34. The summed E-state index contributed by atoms with van der Waals surface area (Å²) in [5.74, 6) is 0. The summed E-state index contributed by atoms with van der Waals surface area (Å²) in [4.78, 5) is -0.806. The maximum atomic E-state index is 13.0. The summed E-state index contributed by atoms with van der Waals surface area (Å²) in [7, 11) is -8.71. The van der Waals surface area contributed by atoms with Gasteiger partial charge in [-0.2, -0.15) is 12.7 Å². The molecule has 5 nitrogen and oxygen atoms in total. The molecule has 8 heteroatoms. The van der Waals surface area contributed by atoms with Gasteiger partial charge in [0.05, 0.1) is 9.79 Å². The van der Waals surface area contributed by atoms with E-state index in [0.717, 1.165) is 37.8 Å². The van der Waals surface area contributed by atoms with E-state index in [1.54, 1.807) is 0 Å². The molecule has 0 saturated heterocycles. The first kappa shape index (κ1) is 16.4. The van der Waals surface area contributed by atoms with Gasteiger partial charge in [0.25, 0.3) is 0 Å². The first-order valence-electron chi connectivity index (χ1n) is 6.83. The minimum atomic E-state index is -4.92. The average Bonchev–Trinajstić information content (AvgIpc) is 3.23. The summed E-state index contributed by atoms with van der Waals surface area (Å²) in [6, 6.07) is 4.44. The molecule has 0 atom stereocenters. The van der Waals surface area contributed by atoms with E-state index in [9.17, 15) is 20.7 Å². The van der Waals surface area contributed by atoms with Crippen molar-refractivity contribution in [3.05, 3.63) is 24.3 Å². The van der Waals surface area contributed by atoms with E-state index in [2.05, 4.69) is 0 Å². The highest BCUT2D eigenvalue weighted by atomic mass is 32.3. The van der Waals surface area contributed by atoms with Crippen LogP contribution >= 0.6 is 0 Å². The molecular weight excluding hydrogens is 317 g/mol. The van der Waals surface area contributed by atoms with Gasteiger partial charge in [0, 0.05) is 12.6 Å². The van der Waals surface area contributed by atoms with Crippen LogP contribution < -0.4 is 0 Å². The maximum Gasteiger partial charge on any atom is 0.332 e. The van der Waals surface area contributed by atoms with Crippen LogP contribution in [0.3, 0.4) is 0 Å². The fraction of sp³-hybridized carbons (Fsp3) is 0.538. The standard InChI is InChI=1S/C13H18FNO4S2/c1-2-3-9-15(11-7-8-11)21(18,19)13-6-4-5-12(10-13)20(14,16)17/h4-6,10-11H,2-3,7-9H2,1H3. The van der Waals surface area contributed by atoms with E-state index >= 15 is 0 Å². The van der Waals surface area contributed by atoms with E-state index in [-0.39, 0.29) is 10.9 Å². The van der Waals surface area contributed by atoms with Gasteiger partial charge in [0.15, 0.2) is 0 Å². The number of rotatable bonds is 7. The van der Waals surface area contributed by atoms with Crippen molar-refractivity contribution in [2.24, 2.45) is 0 Å². The van der Waals surface area contributed by atoms with Crippen molar-refractivity contribution in [2.45, 2.75) is 48.4 Å². The molecule has 118 valence electrons. The molecule has 0 aromatic heterocycles. The third kappa shape index (κ3) is 3.81. The normalized spacial score (nSPS) is 16.3. The van der Waals surface area contributed by atoms with Gasteiger partial charge >= 0.3 is 10.2 Å². The third-order valence-electron chi connectivity index (χ3n) is 3.38. The first-order valence-corrected chi connectivity index (χ1v) is 9.65. The molecule has 0 bridgehead atoms. The van der Waals surface area contributed by atoms with E-state index in [1.807, 2.05) is 6.92 Å². The van der Waals surface area contributed by atoms with Crippen molar-refractivity contribution in [1.29, 1.82) is 0 Å². The summed E-state index contributed by atoms with van der Waals surface area (Å²) in [5.41, 5.74) is 0. The Kier molecular flexibility index (Phi) is 4.69. The Morgan fingerprint density at radius 3 is 2.33 bits per heavy atom. The smallest absolute Gasteiger partial charge is 0.207 e. The van der Waals surface area contributed by atoms with Crippen molar-refractivity contribution < 1.29 is 20.7 Å². The zero-order valence-corrected chi connectivity index (χ0v) is 13.3. The molecule has 0 amide bonds. The summed E-state index contributed by atoms with van der Waals surface area (Å²) in [6.07, 6.45) is 3.21. The Morgan fingerprint density at radius 1 is 1.19 bits per heavy atom. The van der Waals surface area contributed by atoms with Gasteiger partial charge in [-0.3, -0.25) is 0 Å². The molecule has 1 fully saturated rings. The van der Waals surface area contributed by atoms with Gasteiger partial charge in [-0.15, -0.1) is 3.89 Å². The molecular formula is C13H18FNO4S2. The fourth-order valence-electron chi connectivity index (χ4n) is 2.10. The summed E-state index contributed by atoms with van der Waals surface area (Å²) >= 11 is 0. The highest BCUT2D eigenvalue weighted by Crippen LogP contribution is 2.32. The largest absolute Gasteiger partial charge is 0.332 e. The number of halogens is 1. The minimum Gasteiger partial charge on any atom is -0.207 e. The zero-order valence-electron chi connectivity index (χ0n) is 11.7. The molecule has 0 spiro atoms. The van der Waals surface area contributed by atoms with Crippen LogP contribution in [0.5, 0.6) is 0 Å². The van der Waals surface area contributed by atoms with E-state index in [1.165, 1.54) is 16.4 Å². The number of sulfonamides is 1. The summed E-state index contributed by atoms with van der Waals surface area (Å²) in [6.45, 7) is 2.37. The first-order chi connectivity index (χ1) is 9.76. The quantitative estimate of drug-likeness (QED) is 0.717. The fourth-order valence-corrected chi connectivity index (χ4v) is 4.45. The second-order valence-electron chi connectivity index (χ2n) is 5.11. The van der Waals surface area contributed by atoms with Crippen molar-refractivity contribution in [3.8, 4) is 0 Å². The number of hydrogen-bond acceptors (Lipinski definition) is 4. The predicted molar refractivity (Wildman–Crippen MR) is 76.6 cm³/mol. The summed E-state index contributed by atoms with van der Waals surface area (Å²) in [5, 5.41) is 0. The summed E-state index contributed by atoms with van der Waals surface area (Å²) < 4.78 is 61.5. The molecule has 0 radical (unpaired) electrons. The maximum absolute atomic E-state index is 13.0. The second-order valence-corrected chi connectivity index (χ2v) is 8.35. The Bertz CT molecular complexity index is 711. The molecule has 1 aliphatic carbocycles. The third-order valence-corrected chi connectivity index (χ3v) is 6.14. The lowest BCUT2D eigenvalue weighted by atomic mass is 10.3. The SMILES string of the molecule is CCCCN(C1CC1)S(=O)(=O)c1cccc(S(=O)(=O)F)c1. The van der Waals surface area contributed by atoms with E-state index in [4.69, 9.17) is 0 Å². The topological polar surface area (TPSA) is 71.5 Å². The number of hydrogen-bond donors (Lipinski definition) is 0. The van der Waals surface area contributed by atoms with E-state index < -0.39 is 25.1 Å². The molecule has 1 saturated carbocycles. The molecule has 1 aromatic rings. The molecule has 2 rings (SSSR count). The van der Waals surface area contributed by atoms with Crippen LogP contribution in [0, 0.1) is 0 Å². The molecule has 0 heterocycles. The van der Waals surface area contributed by atoms with Gasteiger partial charge < -0.3 is 0 Å². The van der Waals surface area contributed by atoms with Crippen LogP contribution in [0.25, 0.3) is 0 Å². The van der Waals surface area contributed by atoms with Crippen LogP contribution in [0.2, 0.25) is 0 Å². The molecule has 0 aliphatic heterocycles. The van der Waals surface area contributed by atoms with Gasteiger partial charge in [-0.25, -0.2) is 8.42 Å². The van der Waals surface area contributed by atoms with Crippen molar-refractivity contribution in [2.75, 3.05) is 6.54 Å². The van der Waals surface area contributed by atoms with Gasteiger partial charge in [0.2, 0.25) is 10.0 Å². The lowest BCUT2D eigenvalue weighted by Gasteiger charge is -2.21. The highest BCUT2D eigenvalue weighted by Gasteiger charge is 2.37. The Morgan fingerprint density at radius 2 is 1.81 bits per heavy atom.